The van der Waals surface area contributed by atoms with Crippen molar-refractivity contribution in [2.45, 2.75) is 20.3 Å². The number of benzene rings is 1. The van der Waals surface area contributed by atoms with E-state index in [2.05, 4.69) is 32.5 Å². The SMILES string of the molecule is CCCNc1nc(Nc2cc(C)ccc2Cl)nc(OC)n1. The number of nitrogens with zero attached hydrogens (tertiary/aromatic N) is 3. The molecule has 1 aromatic heterocycles. The van der Waals surface area contributed by atoms with Gasteiger partial charge in [-0.25, -0.2) is 0 Å². The smallest absolute Gasteiger partial charge is 0.322 e. The summed E-state index contributed by atoms with van der Waals surface area (Å²) < 4.78 is 5.09. The van der Waals surface area contributed by atoms with Gasteiger partial charge >= 0.3 is 6.01 Å². The van der Waals surface area contributed by atoms with Crippen LogP contribution in [0.5, 0.6) is 6.01 Å². The summed E-state index contributed by atoms with van der Waals surface area (Å²) in [7, 11) is 1.52. The third-order valence-corrected chi connectivity index (χ3v) is 3.03. The molecule has 0 aliphatic rings. The standard InChI is InChI=1S/C14H18ClN5O/c1-4-7-16-12-18-13(20-14(19-12)21-3)17-11-8-9(2)5-6-10(11)15/h5-6,8H,4,7H2,1-3H3,(H2,16,17,18,19,20). The lowest BCUT2D eigenvalue weighted by Crippen LogP contribution is -2.09. The van der Waals surface area contributed by atoms with Gasteiger partial charge in [0.15, 0.2) is 0 Å². The Labute approximate surface area is 128 Å². The number of aromatic nitrogens is 3. The zero-order valence-corrected chi connectivity index (χ0v) is 13.0. The molecule has 0 aliphatic carbocycles. The minimum absolute atomic E-state index is 0.245. The summed E-state index contributed by atoms with van der Waals surface area (Å²) in [5.74, 6) is 0.850. The van der Waals surface area contributed by atoms with Crippen LogP contribution in [0.25, 0.3) is 0 Å². The van der Waals surface area contributed by atoms with Crippen molar-refractivity contribution in [3.63, 3.8) is 0 Å². The van der Waals surface area contributed by atoms with E-state index in [1.807, 2.05) is 25.1 Å². The van der Waals surface area contributed by atoms with Crippen LogP contribution in [0.4, 0.5) is 17.6 Å². The molecule has 112 valence electrons. The lowest BCUT2D eigenvalue weighted by Gasteiger charge is -2.10. The predicted molar refractivity (Wildman–Crippen MR) is 84.6 cm³/mol. The van der Waals surface area contributed by atoms with Crippen LogP contribution in [-0.4, -0.2) is 28.6 Å². The second kappa shape index (κ2) is 7.08. The van der Waals surface area contributed by atoms with Crippen LogP contribution in [0.15, 0.2) is 18.2 Å². The molecule has 0 saturated carbocycles. The van der Waals surface area contributed by atoms with E-state index in [0.717, 1.165) is 24.2 Å². The molecule has 2 rings (SSSR count). The molecule has 0 bridgehead atoms. The number of ether oxygens (including phenoxy) is 1. The van der Waals surface area contributed by atoms with Gasteiger partial charge < -0.3 is 15.4 Å². The fraction of sp³-hybridized carbons (Fsp3) is 0.357. The van der Waals surface area contributed by atoms with Gasteiger partial charge in [-0.1, -0.05) is 24.6 Å². The van der Waals surface area contributed by atoms with Crippen molar-refractivity contribution in [1.29, 1.82) is 0 Å². The molecule has 2 aromatic rings. The molecule has 7 heteroatoms. The van der Waals surface area contributed by atoms with Gasteiger partial charge in [0, 0.05) is 6.54 Å². The highest BCUT2D eigenvalue weighted by molar-refractivity contribution is 6.33. The third kappa shape index (κ3) is 4.19. The summed E-state index contributed by atoms with van der Waals surface area (Å²) in [5, 5.41) is 6.80. The van der Waals surface area contributed by atoms with Gasteiger partial charge in [-0.05, 0) is 31.0 Å². The Morgan fingerprint density at radius 1 is 1.19 bits per heavy atom. The van der Waals surface area contributed by atoms with E-state index in [-0.39, 0.29) is 6.01 Å². The first-order valence-electron chi connectivity index (χ1n) is 6.69. The van der Waals surface area contributed by atoms with Gasteiger partial charge in [0.05, 0.1) is 17.8 Å². The van der Waals surface area contributed by atoms with Crippen molar-refractivity contribution in [3.8, 4) is 6.01 Å². The predicted octanol–water partition coefficient (Wildman–Crippen LogP) is 3.41. The van der Waals surface area contributed by atoms with Gasteiger partial charge in [0.25, 0.3) is 0 Å². The molecule has 0 radical (unpaired) electrons. The number of aryl methyl sites for hydroxylation is 1. The Balaban J connectivity index is 2.27. The molecule has 0 fully saturated rings. The number of methoxy groups -OCH3 is 1. The molecule has 0 aliphatic heterocycles. The summed E-state index contributed by atoms with van der Waals surface area (Å²) in [5.41, 5.74) is 1.83. The average molecular weight is 308 g/mol. The van der Waals surface area contributed by atoms with E-state index in [4.69, 9.17) is 16.3 Å². The van der Waals surface area contributed by atoms with Crippen LogP contribution in [0.2, 0.25) is 5.02 Å². The molecule has 0 amide bonds. The number of hydrogen-bond acceptors (Lipinski definition) is 6. The summed E-state index contributed by atoms with van der Waals surface area (Å²) in [6.45, 7) is 4.83. The largest absolute Gasteiger partial charge is 0.467 e. The minimum atomic E-state index is 0.245. The third-order valence-electron chi connectivity index (χ3n) is 2.70. The van der Waals surface area contributed by atoms with E-state index in [1.54, 1.807) is 0 Å². The molecular weight excluding hydrogens is 290 g/mol. The topological polar surface area (TPSA) is 72.0 Å². The second-order valence-corrected chi connectivity index (χ2v) is 4.91. The molecule has 0 atom stereocenters. The van der Waals surface area contributed by atoms with Gasteiger partial charge in [0.2, 0.25) is 11.9 Å². The van der Waals surface area contributed by atoms with E-state index in [9.17, 15) is 0 Å². The summed E-state index contributed by atoms with van der Waals surface area (Å²) >= 11 is 6.16. The van der Waals surface area contributed by atoms with Crippen LogP contribution in [0, 0.1) is 6.92 Å². The highest BCUT2D eigenvalue weighted by Gasteiger charge is 2.08. The quantitative estimate of drug-likeness (QED) is 0.852. The Kier molecular flexibility index (Phi) is 5.16. The number of halogens is 1. The Hall–Kier alpha value is -2.08. The molecule has 2 N–H and O–H groups in total. The van der Waals surface area contributed by atoms with Crippen LogP contribution >= 0.6 is 11.6 Å². The van der Waals surface area contributed by atoms with Crippen LogP contribution in [0.3, 0.4) is 0 Å². The Bertz CT molecular complexity index is 620. The van der Waals surface area contributed by atoms with Gasteiger partial charge in [-0.15, -0.1) is 0 Å². The van der Waals surface area contributed by atoms with Crippen molar-refractivity contribution >= 4 is 29.2 Å². The van der Waals surface area contributed by atoms with E-state index < -0.39 is 0 Å². The zero-order chi connectivity index (χ0) is 15.2. The molecule has 1 heterocycles. The van der Waals surface area contributed by atoms with Crippen molar-refractivity contribution in [2.75, 3.05) is 24.3 Å². The van der Waals surface area contributed by atoms with Gasteiger partial charge in [-0.3, -0.25) is 0 Å². The minimum Gasteiger partial charge on any atom is -0.467 e. The molecule has 0 unspecified atom stereocenters. The van der Waals surface area contributed by atoms with E-state index in [0.29, 0.717) is 16.9 Å². The maximum absolute atomic E-state index is 6.16. The summed E-state index contributed by atoms with van der Waals surface area (Å²) in [4.78, 5) is 12.6. The fourth-order valence-corrected chi connectivity index (χ4v) is 1.84. The van der Waals surface area contributed by atoms with Crippen LogP contribution in [-0.2, 0) is 0 Å². The fourth-order valence-electron chi connectivity index (χ4n) is 1.67. The summed E-state index contributed by atoms with van der Waals surface area (Å²) in [6, 6.07) is 5.94. The Morgan fingerprint density at radius 3 is 2.67 bits per heavy atom. The van der Waals surface area contributed by atoms with E-state index in [1.165, 1.54) is 7.11 Å². The number of nitrogens with one attached hydrogen (secondary N) is 2. The van der Waals surface area contributed by atoms with Crippen LogP contribution < -0.4 is 15.4 Å². The first-order valence-corrected chi connectivity index (χ1v) is 7.07. The van der Waals surface area contributed by atoms with Crippen molar-refractivity contribution in [3.05, 3.63) is 28.8 Å². The zero-order valence-electron chi connectivity index (χ0n) is 12.3. The first-order chi connectivity index (χ1) is 10.1. The monoisotopic (exact) mass is 307 g/mol. The normalized spacial score (nSPS) is 10.3. The molecule has 6 nitrogen and oxygen atoms in total. The number of anilines is 3. The van der Waals surface area contributed by atoms with Gasteiger partial charge in [0.1, 0.15) is 0 Å². The molecule has 0 saturated heterocycles. The molecular formula is C14H18ClN5O. The lowest BCUT2D eigenvalue weighted by atomic mass is 10.2. The van der Waals surface area contributed by atoms with Crippen molar-refractivity contribution in [2.24, 2.45) is 0 Å². The summed E-state index contributed by atoms with van der Waals surface area (Å²) in [6.07, 6.45) is 0.973. The Morgan fingerprint density at radius 2 is 1.95 bits per heavy atom. The first kappa shape index (κ1) is 15.3. The second-order valence-electron chi connectivity index (χ2n) is 4.50. The maximum atomic E-state index is 6.16. The average Bonchev–Trinajstić information content (AvgIpc) is 2.48. The highest BCUT2D eigenvalue weighted by atomic mass is 35.5. The number of rotatable bonds is 6. The molecule has 21 heavy (non-hydrogen) atoms. The lowest BCUT2D eigenvalue weighted by molar-refractivity contribution is 0.379. The highest BCUT2D eigenvalue weighted by Crippen LogP contribution is 2.25. The molecule has 0 spiro atoms. The van der Waals surface area contributed by atoms with E-state index >= 15 is 0 Å². The van der Waals surface area contributed by atoms with Gasteiger partial charge in [-0.2, -0.15) is 15.0 Å². The van der Waals surface area contributed by atoms with Crippen molar-refractivity contribution in [1.82, 2.24) is 15.0 Å². The maximum Gasteiger partial charge on any atom is 0.322 e. The number of hydrogen-bond donors (Lipinski definition) is 2. The molecule has 1 aromatic carbocycles. The van der Waals surface area contributed by atoms with Crippen LogP contribution in [0.1, 0.15) is 18.9 Å². The van der Waals surface area contributed by atoms with Crippen molar-refractivity contribution < 1.29 is 4.74 Å².